The first-order valence-electron chi connectivity index (χ1n) is 6.44. The third-order valence-corrected chi connectivity index (χ3v) is 3.99. The van der Waals surface area contributed by atoms with Crippen LogP contribution < -0.4 is 11.1 Å². The molecule has 0 saturated heterocycles. The van der Waals surface area contributed by atoms with E-state index in [1.54, 1.807) is 19.2 Å². The number of rotatable bonds is 5. The fourth-order valence-electron chi connectivity index (χ4n) is 2.44. The summed E-state index contributed by atoms with van der Waals surface area (Å²) in [5.74, 6) is -0.458. The van der Waals surface area contributed by atoms with Gasteiger partial charge in [-0.3, -0.25) is 4.79 Å². The van der Waals surface area contributed by atoms with Gasteiger partial charge in [0.2, 0.25) is 5.91 Å². The van der Waals surface area contributed by atoms with Crippen LogP contribution in [0, 0.1) is 0 Å². The monoisotopic (exact) mass is 282 g/mol. The molecule has 1 aromatic rings. The summed E-state index contributed by atoms with van der Waals surface area (Å²) < 4.78 is 5.34. The van der Waals surface area contributed by atoms with Crippen LogP contribution in [0.4, 0.5) is 0 Å². The minimum absolute atomic E-state index is 0.366. The van der Waals surface area contributed by atoms with Crippen LogP contribution in [0.5, 0.6) is 0 Å². The maximum absolute atomic E-state index is 11.0. The number of carbonyl (C=O) groups is 1. The van der Waals surface area contributed by atoms with Crippen LogP contribution in [0.25, 0.3) is 0 Å². The van der Waals surface area contributed by atoms with Gasteiger partial charge >= 0.3 is 0 Å². The van der Waals surface area contributed by atoms with Crippen molar-refractivity contribution in [2.45, 2.75) is 38.0 Å². The molecular weight excluding hydrogens is 264 g/mol. The molecule has 104 valence electrons. The highest BCUT2D eigenvalue weighted by molar-refractivity contribution is 6.31. The third-order valence-electron chi connectivity index (χ3n) is 3.64. The normalized spacial score (nSPS) is 22.6. The zero-order chi connectivity index (χ0) is 13.8. The lowest BCUT2D eigenvalue weighted by molar-refractivity contribution is 0.1000. The van der Waals surface area contributed by atoms with Crippen LogP contribution in [-0.4, -0.2) is 25.2 Å². The largest absolute Gasteiger partial charge is 0.381 e. The number of ether oxygens (including phenoxy) is 1. The summed E-state index contributed by atoms with van der Waals surface area (Å²) in [6, 6.07) is 5.64. The van der Waals surface area contributed by atoms with Crippen LogP contribution in [0.3, 0.4) is 0 Å². The number of hydrogen-bond acceptors (Lipinski definition) is 3. The maximum atomic E-state index is 11.0. The van der Waals surface area contributed by atoms with Crippen LogP contribution in [0.15, 0.2) is 18.2 Å². The summed E-state index contributed by atoms with van der Waals surface area (Å²) in [4.78, 5) is 11.0. The van der Waals surface area contributed by atoms with E-state index in [1.165, 1.54) is 0 Å². The average molecular weight is 283 g/mol. The lowest BCUT2D eigenvalue weighted by atomic mass is 10.1. The van der Waals surface area contributed by atoms with Gasteiger partial charge < -0.3 is 15.8 Å². The van der Waals surface area contributed by atoms with Crippen molar-refractivity contribution >= 4 is 17.5 Å². The Labute approximate surface area is 118 Å². The van der Waals surface area contributed by atoms with E-state index < -0.39 is 5.91 Å². The van der Waals surface area contributed by atoms with Crippen molar-refractivity contribution in [3.05, 3.63) is 34.3 Å². The van der Waals surface area contributed by atoms with Gasteiger partial charge in [-0.15, -0.1) is 0 Å². The van der Waals surface area contributed by atoms with Crippen LogP contribution in [-0.2, 0) is 11.3 Å². The van der Waals surface area contributed by atoms with Gasteiger partial charge in [0.25, 0.3) is 0 Å². The van der Waals surface area contributed by atoms with Crippen molar-refractivity contribution in [3.8, 4) is 0 Å². The zero-order valence-electron chi connectivity index (χ0n) is 11.0. The summed E-state index contributed by atoms with van der Waals surface area (Å²) in [7, 11) is 1.76. The molecule has 0 aromatic heterocycles. The summed E-state index contributed by atoms with van der Waals surface area (Å²) >= 11 is 6.14. The molecule has 2 rings (SSSR count). The number of nitrogens with two attached hydrogens (primary N) is 1. The summed E-state index contributed by atoms with van der Waals surface area (Å²) in [6.45, 7) is 0.693. The number of methoxy groups -OCH3 is 1. The predicted molar refractivity (Wildman–Crippen MR) is 75.2 cm³/mol. The van der Waals surface area contributed by atoms with E-state index in [4.69, 9.17) is 22.1 Å². The van der Waals surface area contributed by atoms with Crippen molar-refractivity contribution in [2.75, 3.05) is 7.11 Å². The number of benzene rings is 1. The van der Waals surface area contributed by atoms with E-state index in [9.17, 15) is 4.79 Å². The molecule has 2 unspecified atom stereocenters. The highest BCUT2D eigenvalue weighted by atomic mass is 35.5. The van der Waals surface area contributed by atoms with E-state index in [-0.39, 0.29) is 0 Å². The zero-order valence-corrected chi connectivity index (χ0v) is 11.7. The third kappa shape index (κ3) is 3.69. The Bertz CT molecular complexity index is 465. The Morgan fingerprint density at radius 1 is 1.53 bits per heavy atom. The second-order valence-corrected chi connectivity index (χ2v) is 5.33. The van der Waals surface area contributed by atoms with Crippen molar-refractivity contribution in [1.29, 1.82) is 0 Å². The van der Waals surface area contributed by atoms with Crippen molar-refractivity contribution in [3.63, 3.8) is 0 Å². The van der Waals surface area contributed by atoms with Gasteiger partial charge in [-0.25, -0.2) is 0 Å². The molecule has 0 aliphatic heterocycles. The van der Waals surface area contributed by atoms with Crippen LogP contribution in [0.1, 0.15) is 35.2 Å². The first-order chi connectivity index (χ1) is 9.10. The lowest BCUT2D eigenvalue weighted by Crippen LogP contribution is -2.26. The molecule has 0 radical (unpaired) electrons. The molecular formula is C14H19ClN2O2. The van der Waals surface area contributed by atoms with Gasteiger partial charge in [-0.2, -0.15) is 0 Å². The quantitative estimate of drug-likeness (QED) is 0.869. The van der Waals surface area contributed by atoms with Gasteiger partial charge in [-0.05, 0) is 37.0 Å². The van der Waals surface area contributed by atoms with E-state index in [0.29, 0.717) is 29.3 Å². The molecule has 1 fully saturated rings. The topological polar surface area (TPSA) is 64.3 Å². The highest BCUT2D eigenvalue weighted by Crippen LogP contribution is 2.23. The number of hydrogen-bond donors (Lipinski definition) is 2. The second kappa shape index (κ2) is 6.37. The molecule has 2 atom stereocenters. The molecule has 3 N–H and O–H groups in total. The number of carbonyl (C=O) groups excluding carboxylic acids is 1. The van der Waals surface area contributed by atoms with Gasteiger partial charge in [-0.1, -0.05) is 17.7 Å². The maximum Gasteiger partial charge on any atom is 0.248 e. The number of primary amides is 1. The molecule has 19 heavy (non-hydrogen) atoms. The van der Waals surface area contributed by atoms with Crippen molar-refractivity contribution in [1.82, 2.24) is 5.32 Å². The number of nitrogens with one attached hydrogen (secondary N) is 1. The molecule has 0 spiro atoms. The van der Waals surface area contributed by atoms with Gasteiger partial charge in [0, 0.05) is 30.3 Å². The smallest absolute Gasteiger partial charge is 0.248 e. The average Bonchev–Trinajstić information content (AvgIpc) is 2.85. The Balaban J connectivity index is 1.91. The van der Waals surface area contributed by atoms with Crippen LogP contribution >= 0.6 is 11.6 Å². The second-order valence-electron chi connectivity index (χ2n) is 4.92. The predicted octanol–water partition coefficient (Wildman–Crippen LogP) is 2.10. The first-order valence-corrected chi connectivity index (χ1v) is 6.82. The molecule has 1 amide bonds. The molecule has 1 aliphatic rings. The van der Waals surface area contributed by atoms with E-state index in [2.05, 4.69) is 5.32 Å². The fourth-order valence-corrected chi connectivity index (χ4v) is 2.69. The van der Waals surface area contributed by atoms with Crippen LogP contribution in [0.2, 0.25) is 5.02 Å². The summed E-state index contributed by atoms with van der Waals surface area (Å²) in [6.07, 6.45) is 3.62. The minimum Gasteiger partial charge on any atom is -0.381 e. The van der Waals surface area contributed by atoms with Crippen molar-refractivity contribution in [2.24, 2.45) is 5.73 Å². The highest BCUT2D eigenvalue weighted by Gasteiger charge is 2.23. The van der Waals surface area contributed by atoms with E-state index in [0.717, 1.165) is 24.8 Å². The molecule has 0 heterocycles. The Kier molecular flexibility index (Phi) is 4.80. The van der Waals surface area contributed by atoms with E-state index >= 15 is 0 Å². The molecule has 5 heteroatoms. The van der Waals surface area contributed by atoms with Gasteiger partial charge in [0.15, 0.2) is 0 Å². The van der Waals surface area contributed by atoms with Gasteiger partial charge in [0.1, 0.15) is 0 Å². The first kappa shape index (κ1) is 14.3. The molecule has 4 nitrogen and oxygen atoms in total. The van der Waals surface area contributed by atoms with Gasteiger partial charge in [0.05, 0.1) is 6.10 Å². The summed E-state index contributed by atoms with van der Waals surface area (Å²) in [5.41, 5.74) is 6.63. The SMILES string of the molecule is COC1CCC(NCc2ccc(C(N)=O)cc2Cl)C1. The number of amides is 1. The fraction of sp³-hybridized carbons (Fsp3) is 0.500. The lowest BCUT2D eigenvalue weighted by Gasteiger charge is -2.14. The summed E-state index contributed by atoms with van der Waals surface area (Å²) in [5, 5.41) is 4.05. The molecule has 1 saturated carbocycles. The Morgan fingerprint density at radius 3 is 2.89 bits per heavy atom. The number of halogens is 1. The van der Waals surface area contributed by atoms with Crippen molar-refractivity contribution < 1.29 is 9.53 Å². The Morgan fingerprint density at radius 2 is 2.32 bits per heavy atom. The molecule has 1 aromatic carbocycles. The Hall–Kier alpha value is -1.10. The van der Waals surface area contributed by atoms with E-state index in [1.807, 2.05) is 6.07 Å². The minimum atomic E-state index is -0.458. The molecule has 0 bridgehead atoms. The standard InChI is InChI=1S/C14H19ClN2O2/c1-19-12-5-4-11(7-12)17-8-10-3-2-9(14(16)18)6-13(10)15/h2-3,6,11-12,17H,4-5,7-8H2,1H3,(H2,16,18). The molecule has 1 aliphatic carbocycles.